The molecule has 0 aliphatic rings. The van der Waals surface area contributed by atoms with E-state index in [1.165, 1.54) is 0 Å². The number of carbonyl (C=O) groups is 1. The first-order valence-electron chi connectivity index (χ1n) is 9.78. The highest BCUT2D eigenvalue weighted by molar-refractivity contribution is 6.30. The molecule has 1 amide bonds. The Hall–Kier alpha value is -2.67. The van der Waals surface area contributed by atoms with E-state index in [9.17, 15) is 4.79 Å². The van der Waals surface area contributed by atoms with Crippen LogP contribution >= 0.6 is 11.6 Å². The van der Waals surface area contributed by atoms with Crippen molar-refractivity contribution in [2.75, 3.05) is 40.5 Å². The molecule has 0 aliphatic carbocycles. The van der Waals surface area contributed by atoms with Gasteiger partial charge < -0.3 is 14.4 Å². The lowest BCUT2D eigenvalue weighted by atomic mass is 10.1. The van der Waals surface area contributed by atoms with E-state index in [1.54, 1.807) is 23.8 Å². The Morgan fingerprint density at radius 3 is 2.23 bits per heavy atom. The van der Waals surface area contributed by atoms with Gasteiger partial charge in [0.1, 0.15) is 0 Å². The van der Waals surface area contributed by atoms with Crippen molar-refractivity contribution in [1.82, 2.24) is 14.7 Å². The van der Waals surface area contributed by atoms with Gasteiger partial charge in [0, 0.05) is 49.7 Å². The summed E-state index contributed by atoms with van der Waals surface area (Å²) in [6, 6.07) is 17.3. The van der Waals surface area contributed by atoms with E-state index in [2.05, 4.69) is 0 Å². The summed E-state index contributed by atoms with van der Waals surface area (Å²) in [6.07, 6.45) is 2.15. The molecule has 0 fully saturated rings. The Morgan fingerprint density at radius 1 is 1.00 bits per heavy atom. The second kappa shape index (κ2) is 10.9. The van der Waals surface area contributed by atoms with E-state index in [4.69, 9.17) is 26.2 Å². The molecule has 2 aromatic carbocycles. The van der Waals surface area contributed by atoms with E-state index in [0.717, 1.165) is 22.5 Å². The van der Waals surface area contributed by atoms with Gasteiger partial charge in [-0.25, -0.2) is 4.68 Å². The number of rotatable bonds is 10. The van der Waals surface area contributed by atoms with Crippen LogP contribution < -0.4 is 0 Å². The first kappa shape index (κ1) is 22.0. The van der Waals surface area contributed by atoms with Crippen molar-refractivity contribution >= 4 is 17.5 Å². The molecule has 0 bridgehead atoms. The lowest BCUT2D eigenvalue weighted by molar-refractivity contribution is -0.131. The van der Waals surface area contributed by atoms with Crippen molar-refractivity contribution in [2.45, 2.75) is 6.42 Å². The molecule has 0 aliphatic heterocycles. The van der Waals surface area contributed by atoms with Gasteiger partial charge in [-0.1, -0.05) is 41.9 Å². The highest BCUT2D eigenvalue weighted by Gasteiger charge is 2.19. The summed E-state index contributed by atoms with van der Waals surface area (Å²) < 4.78 is 12.1. The van der Waals surface area contributed by atoms with Gasteiger partial charge in [-0.2, -0.15) is 5.10 Å². The first-order chi connectivity index (χ1) is 14.6. The molecule has 0 saturated heterocycles. The van der Waals surface area contributed by atoms with E-state index in [0.29, 0.717) is 31.3 Å². The minimum Gasteiger partial charge on any atom is -0.383 e. The molecule has 158 valence electrons. The minimum atomic E-state index is 0.00641. The number of hydrogen-bond acceptors (Lipinski definition) is 4. The molecule has 0 spiro atoms. The summed E-state index contributed by atoms with van der Waals surface area (Å²) in [4.78, 5) is 14.8. The van der Waals surface area contributed by atoms with E-state index >= 15 is 0 Å². The zero-order chi connectivity index (χ0) is 21.3. The molecule has 0 radical (unpaired) electrons. The normalized spacial score (nSPS) is 10.9. The van der Waals surface area contributed by atoms with Crippen LogP contribution in [0, 0.1) is 0 Å². The fourth-order valence-corrected chi connectivity index (χ4v) is 3.27. The number of nitrogens with zero attached hydrogens (tertiary/aromatic N) is 3. The Bertz CT molecular complexity index is 934. The number of methoxy groups -OCH3 is 2. The van der Waals surface area contributed by atoms with Crippen molar-refractivity contribution in [3.63, 3.8) is 0 Å². The quantitative estimate of drug-likeness (QED) is 0.493. The number of halogens is 1. The molecule has 1 aromatic heterocycles. The predicted octanol–water partition coefficient (Wildman–Crippen LogP) is 3.86. The molecule has 3 rings (SSSR count). The zero-order valence-electron chi connectivity index (χ0n) is 17.3. The lowest BCUT2D eigenvalue weighted by Crippen LogP contribution is -2.37. The fourth-order valence-electron chi connectivity index (χ4n) is 3.14. The number of aromatic nitrogens is 2. The van der Waals surface area contributed by atoms with Crippen LogP contribution in [0.15, 0.2) is 60.8 Å². The molecule has 0 N–H and O–H groups in total. The van der Waals surface area contributed by atoms with Crippen LogP contribution in [0.2, 0.25) is 5.02 Å². The monoisotopic (exact) mass is 427 g/mol. The van der Waals surface area contributed by atoms with Gasteiger partial charge in [0.05, 0.1) is 31.0 Å². The van der Waals surface area contributed by atoms with Crippen molar-refractivity contribution in [1.29, 1.82) is 0 Å². The van der Waals surface area contributed by atoms with Crippen LogP contribution in [0.1, 0.15) is 5.56 Å². The Kier molecular flexibility index (Phi) is 8.02. The summed E-state index contributed by atoms with van der Waals surface area (Å²) in [6.45, 7) is 1.98. The number of para-hydroxylation sites is 1. The number of hydrogen-bond donors (Lipinski definition) is 0. The van der Waals surface area contributed by atoms with Gasteiger partial charge in [-0.3, -0.25) is 4.79 Å². The van der Waals surface area contributed by atoms with Crippen LogP contribution in [-0.4, -0.2) is 61.1 Å². The Labute approximate surface area is 182 Å². The van der Waals surface area contributed by atoms with Gasteiger partial charge in [0.2, 0.25) is 5.91 Å². The van der Waals surface area contributed by atoms with Crippen molar-refractivity contribution in [3.8, 4) is 16.9 Å². The summed E-state index contributed by atoms with van der Waals surface area (Å²) >= 11 is 6.05. The van der Waals surface area contributed by atoms with Gasteiger partial charge in [0.15, 0.2) is 0 Å². The Balaban J connectivity index is 1.92. The first-order valence-corrected chi connectivity index (χ1v) is 10.2. The lowest BCUT2D eigenvalue weighted by Gasteiger charge is -2.22. The highest BCUT2D eigenvalue weighted by Crippen LogP contribution is 2.26. The molecule has 1 heterocycles. The number of amides is 1. The smallest absolute Gasteiger partial charge is 0.227 e. The summed E-state index contributed by atoms with van der Waals surface area (Å²) in [7, 11) is 3.25. The zero-order valence-corrected chi connectivity index (χ0v) is 18.0. The third-order valence-corrected chi connectivity index (χ3v) is 5.01. The van der Waals surface area contributed by atoms with Crippen molar-refractivity contribution < 1.29 is 14.3 Å². The van der Waals surface area contributed by atoms with Crippen LogP contribution in [0.4, 0.5) is 0 Å². The van der Waals surface area contributed by atoms with Gasteiger partial charge in [-0.15, -0.1) is 0 Å². The molecule has 0 saturated carbocycles. The van der Waals surface area contributed by atoms with Crippen molar-refractivity contribution in [3.05, 3.63) is 71.4 Å². The van der Waals surface area contributed by atoms with Crippen LogP contribution in [0.25, 0.3) is 16.9 Å². The molecule has 3 aromatic rings. The fraction of sp³-hybridized carbons (Fsp3) is 0.304. The second-order valence-corrected chi connectivity index (χ2v) is 7.27. The molecular weight excluding hydrogens is 402 g/mol. The van der Waals surface area contributed by atoms with Gasteiger partial charge in [0.25, 0.3) is 0 Å². The SMILES string of the molecule is COCCN(CCOC)C(=O)Cc1cn(-c2ccccc2)nc1-c1ccc(Cl)cc1. The largest absolute Gasteiger partial charge is 0.383 e. The Morgan fingerprint density at radius 2 is 1.63 bits per heavy atom. The van der Waals surface area contributed by atoms with Gasteiger partial charge in [-0.05, 0) is 24.3 Å². The molecule has 6 nitrogen and oxygen atoms in total. The average molecular weight is 428 g/mol. The third kappa shape index (κ3) is 5.69. The summed E-state index contributed by atoms with van der Waals surface area (Å²) in [5, 5.41) is 5.43. The molecular formula is C23H26ClN3O3. The van der Waals surface area contributed by atoms with Crippen LogP contribution in [0.5, 0.6) is 0 Å². The highest BCUT2D eigenvalue weighted by atomic mass is 35.5. The average Bonchev–Trinajstić information content (AvgIpc) is 3.18. The van der Waals surface area contributed by atoms with Crippen LogP contribution in [-0.2, 0) is 20.7 Å². The maximum absolute atomic E-state index is 13.1. The maximum Gasteiger partial charge on any atom is 0.227 e. The molecule has 0 atom stereocenters. The molecule has 0 unspecified atom stereocenters. The number of ether oxygens (including phenoxy) is 2. The maximum atomic E-state index is 13.1. The number of benzene rings is 2. The summed E-state index contributed by atoms with van der Waals surface area (Å²) in [5.41, 5.74) is 3.47. The number of carbonyl (C=O) groups excluding carboxylic acids is 1. The molecule has 30 heavy (non-hydrogen) atoms. The van der Waals surface area contributed by atoms with E-state index in [1.807, 2.05) is 60.8 Å². The minimum absolute atomic E-state index is 0.00641. The van der Waals surface area contributed by atoms with Crippen LogP contribution in [0.3, 0.4) is 0 Å². The standard InChI is InChI=1S/C23H26ClN3O3/c1-29-14-12-26(13-15-30-2)22(28)16-19-17-27(21-6-4-3-5-7-21)25-23(19)18-8-10-20(24)11-9-18/h3-11,17H,12-16H2,1-2H3. The van der Waals surface area contributed by atoms with E-state index in [-0.39, 0.29) is 12.3 Å². The van der Waals surface area contributed by atoms with Crippen molar-refractivity contribution in [2.24, 2.45) is 0 Å². The van der Waals surface area contributed by atoms with Gasteiger partial charge >= 0.3 is 0 Å². The second-order valence-electron chi connectivity index (χ2n) is 6.83. The predicted molar refractivity (Wildman–Crippen MR) is 118 cm³/mol. The van der Waals surface area contributed by atoms with E-state index < -0.39 is 0 Å². The topological polar surface area (TPSA) is 56.6 Å². The third-order valence-electron chi connectivity index (χ3n) is 4.75. The summed E-state index contributed by atoms with van der Waals surface area (Å²) in [5.74, 6) is 0.00641. The molecule has 7 heteroatoms.